The zero-order chi connectivity index (χ0) is 18.8. The Morgan fingerprint density at radius 3 is 2.73 bits per heavy atom. The van der Waals surface area contributed by atoms with E-state index >= 15 is 0 Å². The van der Waals surface area contributed by atoms with Crippen molar-refractivity contribution < 1.29 is 24.0 Å². The van der Waals surface area contributed by atoms with E-state index in [0.717, 1.165) is 4.90 Å². The topological polar surface area (TPSA) is 132 Å². The van der Waals surface area contributed by atoms with Gasteiger partial charge in [0.25, 0.3) is 17.7 Å². The second-order valence-electron chi connectivity index (χ2n) is 5.35. The van der Waals surface area contributed by atoms with Gasteiger partial charge < -0.3 is 20.2 Å². The van der Waals surface area contributed by atoms with Crippen LogP contribution < -0.4 is 10.1 Å². The van der Waals surface area contributed by atoms with Gasteiger partial charge in [0, 0.05) is 12.7 Å². The van der Waals surface area contributed by atoms with E-state index in [9.17, 15) is 24.5 Å². The Morgan fingerprint density at radius 2 is 2.00 bits per heavy atom. The highest BCUT2D eigenvalue weighted by Crippen LogP contribution is 2.25. The molecule has 0 saturated heterocycles. The molecule has 1 aromatic carbocycles. The number of pyridine rings is 1. The zero-order valence-electron chi connectivity index (χ0n) is 13.5. The summed E-state index contributed by atoms with van der Waals surface area (Å²) in [5, 5.41) is 13.4. The maximum atomic E-state index is 12.0. The first kappa shape index (κ1) is 17.0. The fourth-order valence-corrected chi connectivity index (χ4v) is 2.41. The van der Waals surface area contributed by atoms with Crippen molar-refractivity contribution in [2.24, 2.45) is 0 Å². The number of carbonyl (C=O) groups is 3. The van der Waals surface area contributed by atoms with E-state index in [0.29, 0.717) is 5.69 Å². The van der Waals surface area contributed by atoms with Crippen LogP contribution in [0.5, 0.6) is 5.75 Å². The van der Waals surface area contributed by atoms with Gasteiger partial charge in [0.1, 0.15) is 6.20 Å². The van der Waals surface area contributed by atoms with Crippen LogP contribution in [0.25, 0.3) is 0 Å². The predicted molar refractivity (Wildman–Crippen MR) is 87.9 cm³/mol. The van der Waals surface area contributed by atoms with Crippen molar-refractivity contribution in [3.63, 3.8) is 0 Å². The molecular formula is C16H12N4O6. The monoisotopic (exact) mass is 356 g/mol. The molecule has 0 atom stereocenters. The number of nitrogens with one attached hydrogen (secondary N) is 1. The van der Waals surface area contributed by atoms with Gasteiger partial charge in [-0.15, -0.1) is 0 Å². The molecule has 0 spiro atoms. The van der Waals surface area contributed by atoms with Gasteiger partial charge in [0.2, 0.25) is 5.75 Å². The van der Waals surface area contributed by atoms with Crippen molar-refractivity contribution in [2.45, 2.75) is 0 Å². The van der Waals surface area contributed by atoms with Crippen LogP contribution in [0.1, 0.15) is 20.7 Å². The normalized spacial score (nSPS) is 12.7. The van der Waals surface area contributed by atoms with Gasteiger partial charge >= 0.3 is 5.82 Å². The molecule has 10 nitrogen and oxygen atoms in total. The number of hydrogen-bond acceptors (Lipinski definition) is 7. The van der Waals surface area contributed by atoms with Gasteiger partial charge in [-0.25, -0.2) is 0 Å². The summed E-state index contributed by atoms with van der Waals surface area (Å²) in [6.45, 7) is -0.490. The molecule has 0 bridgehead atoms. The number of anilines is 1. The first-order valence-electron chi connectivity index (χ1n) is 7.37. The smallest absolute Gasteiger partial charge is 0.406 e. The molecule has 3 rings (SSSR count). The lowest BCUT2D eigenvalue weighted by Crippen LogP contribution is -2.24. The van der Waals surface area contributed by atoms with E-state index in [4.69, 9.17) is 4.74 Å². The maximum absolute atomic E-state index is 12.0. The molecule has 0 aliphatic carbocycles. The van der Waals surface area contributed by atoms with Crippen molar-refractivity contribution in [2.75, 3.05) is 19.0 Å². The van der Waals surface area contributed by atoms with E-state index in [2.05, 4.69) is 10.3 Å². The fourth-order valence-electron chi connectivity index (χ4n) is 2.41. The number of benzene rings is 1. The fraction of sp³-hybridized carbons (Fsp3) is 0.125. The lowest BCUT2D eigenvalue weighted by atomic mass is 10.1. The molecule has 2 heterocycles. The third-order valence-corrected chi connectivity index (χ3v) is 3.66. The molecule has 3 amide bonds. The molecule has 1 aliphatic rings. The Kier molecular flexibility index (Phi) is 4.31. The number of hydrogen-bond donors (Lipinski definition) is 1. The van der Waals surface area contributed by atoms with E-state index in [1.165, 1.54) is 43.6 Å². The average molecular weight is 356 g/mol. The largest absolute Gasteiger partial charge is 0.476 e. The number of amides is 3. The minimum atomic E-state index is -0.715. The minimum absolute atomic E-state index is 0.135. The van der Waals surface area contributed by atoms with E-state index in [1.54, 1.807) is 0 Å². The number of nitro groups is 1. The molecule has 0 saturated carbocycles. The SMILES string of the molecule is CN1C(=O)c2ccc(NC(=O)COc3cccnc3[N+](=O)[O-])cc2C1=O. The number of carbonyl (C=O) groups excluding carboxylic acids is 3. The highest BCUT2D eigenvalue weighted by molar-refractivity contribution is 6.21. The van der Waals surface area contributed by atoms with Gasteiger partial charge in [0.05, 0.1) is 11.1 Å². The summed E-state index contributed by atoms with van der Waals surface area (Å²) in [5.41, 5.74) is 0.756. The van der Waals surface area contributed by atoms with Crippen LogP contribution in [0.4, 0.5) is 11.5 Å². The first-order valence-corrected chi connectivity index (χ1v) is 7.37. The third-order valence-electron chi connectivity index (χ3n) is 3.66. The van der Waals surface area contributed by atoms with Gasteiger partial charge in [-0.1, -0.05) is 0 Å². The summed E-state index contributed by atoms with van der Waals surface area (Å²) in [7, 11) is 1.37. The molecular weight excluding hydrogens is 344 g/mol. The number of aromatic nitrogens is 1. The predicted octanol–water partition coefficient (Wildman–Crippen LogP) is 1.23. The van der Waals surface area contributed by atoms with Crippen LogP contribution in [0.15, 0.2) is 36.5 Å². The lowest BCUT2D eigenvalue weighted by molar-refractivity contribution is -0.390. The first-order chi connectivity index (χ1) is 12.4. The number of nitrogens with zero attached hydrogens (tertiary/aromatic N) is 3. The third kappa shape index (κ3) is 3.07. The molecule has 1 aliphatic heterocycles. The zero-order valence-corrected chi connectivity index (χ0v) is 13.5. The highest BCUT2D eigenvalue weighted by Gasteiger charge is 2.32. The molecule has 0 fully saturated rings. The summed E-state index contributed by atoms with van der Waals surface area (Å²) in [5.74, 6) is -2.08. The van der Waals surface area contributed by atoms with Gasteiger partial charge in [-0.05, 0) is 40.2 Å². The van der Waals surface area contributed by atoms with Crippen molar-refractivity contribution in [3.8, 4) is 5.75 Å². The standard InChI is InChI=1S/C16H12N4O6/c1-19-15(22)10-5-4-9(7-11(10)16(19)23)18-13(21)8-26-12-3-2-6-17-14(12)20(24)25/h2-7H,8H2,1H3,(H,18,21). The number of fused-ring (bicyclic) bond motifs is 1. The van der Waals surface area contributed by atoms with E-state index in [-0.39, 0.29) is 16.9 Å². The summed E-state index contributed by atoms with van der Waals surface area (Å²) in [4.78, 5) is 50.5. The average Bonchev–Trinajstić information content (AvgIpc) is 2.84. The highest BCUT2D eigenvalue weighted by atomic mass is 16.6. The molecule has 0 unspecified atom stereocenters. The summed E-state index contributed by atoms with van der Waals surface area (Å²) in [6.07, 6.45) is 1.24. The summed E-state index contributed by atoms with van der Waals surface area (Å²) < 4.78 is 5.13. The van der Waals surface area contributed by atoms with Crippen LogP contribution in [0.3, 0.4) is 0 Å². The second kappa shape index (κ2) is 6.59. The Hall–Kier alpha value is -3.82. The van der Waals surface area contributed by atoms with Crippen molar-refractivity contribution in [3.05, 3.63) is 57.8 Å². The maximum Gasteiger partial charge on any atom is 0.406 e. The lowest BCUT2D eigenvalue weighted by Gasteiger charge is -2.08. The quantitative estimate of drug-likeness (QED) is 0.484. The van der Waals surface area contributed by atoms with Crippen LogP contribution in [0.2, 0.25) is 0 Å². The summed E-state index contributed by atoms with van der Waals surface area (Å²) >= 11 is 0. The van der Waals surface area contributed by atoms with Crippen LogP contribution in [-0.4, -0.2) is 46.2 Å². The Balaban J connectivity index is 1.68. The summed E-state index contributed by atoms with van der Waals surface area (Å²) in [6, 6.07) is 7.09. The van der Waals surface area contributed by atoms with Crippen molar-refractivity contribution >= 4 is 29.2 Å². The number of imide groups is 1. The van der Waals surface area contributed by atoms with Gasteiger partial charge in [-0.2, -0.15) is 0 Å². The molecule has 26 heavy (non-hydrogen) atoms. The number of rotatable bonds is 5. The molecule has 1 aromatic heterocycles. The van der Waals surface area contributed by atoms with E-state index < -0.39 is 35.1 Å². The van der Waals surface area contributed by atoms with Gasteiger partial charge in [0.15, 0.2) is 6.61 Å². The molecule has 10 heteroatoms. The van der Waals surface area contributed by atoms with Crippen molar-refractivity contribution in [1.82, 2.24) is 9.88 Å². The van der Waals surface area contributed by atoms with Crippen LogP contribution in [0, 0.1) is 10.1 Å². The molecule has 132 valence electrons. The minimum Gasteiger partial charge on any atom is -0.476 e. The van der Waals surface area contributed by atoms with Crippen LogP contribution >= 0.6 is 0 Å². The molecule has 2 aromatic rings. The Labute approximate surface area is 146 Å². The van der Waals surface area contributed by atoms with Gasteiger partial charge in [-0.3, -0.25) is 19.3 Å². The van der Waals surface area contributed by atoms with Crippen LogP contribution in [-0.2, 0) is 4.79 Å². The second-order valence-corrected chi connectivity index (χ2v) is 5.35. The Morgan fingerprint density at radius 1 is 1.27 bits per heavy atom. The van der Waals surface area contributed by atoms with Crippen molar-refractivity contribution in [1.29, 1.82) is 0 Å². The molecule has 1 N–H and O–H groups in total. The Bertz CT molecular complexity index is 942. The van der Waals surface area contributed by atoms with E-state index in [1.807, 2.05) is 0 Å². The number of ether oxygens (including phenoxy) is 1. The molecule has 0 radical (unpaired) electrons.